The Hall–Kier alpha value is -4.13. The Morgan fingerprint density at radius 2 is 1.71 bits per heavy atom. The average Bonchev–Trinajstić information content (AvgIpc) is 3.52. The van der Waals surface area contributed by atoms with Crippen LogP contribution in [0.15, 0.2) is 89.5 Å². The maximum absolute atomic E-state index is 13.7. The van der Waals surface area contributed by atoms with Crippen LogP contribution < -0.4 is 5.32 Å². The van der Waals surface area contributed by atoms with E-state index in [2.05, 4.69) is 5.32 Å². The Morgan fingerprint density at radius 1 is 0.971 bits per heavy atom. The Balaban J connectivity index is 1.51. The largest absolute Gasteiger partial charge is 0.463 e. The Kier molecular flexibility index (Phi) is 5.53. The van der Waals surface area contributed by atoms with E-state index in [4.69, 9.17) is 4.42 Å². The van der Waals surface area contributed by atoms with Crippen LogP contribution in [-0.4, -0.2) is 26.8 Å². The lowest BCUT2D eigenvalue weighted by Gasteiger charge is -2.44. The van der Waals surface area contributed by atoms with E-state index < -0.39 is 5.54 Å². The normalized spacial score (nSPS) is 17.5. The number of benzene rings is 2. The van der Waals surface area contributed by atoms with E-state index in [0.29, 0.717) is 18.0 Å². The van der Waals surface area contributed by atoms with Crippen LogP contribution in [0.3, 0.4) is 0 Å². The maximum Gasteiger partial charge on any atom is 0.271 e. The summed E-state index contributed by atoms with van der Waals surface area (Å²) in [7, 11) is 0. The van der Waals surface area contributed by atoms with E-state index in [-0.39, 0.29) is 30.7 Å². The zero-order valence-electron chi connectivity index (χ0n) is 18.7. The molecule has 0 aliphatic carbocycles. The van der Waals surface area contributed by atoms with Crippen molar-refractivity contribution in [2.75, 3.05) is 0 Å². The lowest BCUT2D eigenvalue weighted by molar-refractivity contribution is -0.133. The number of carbonyl (C=O) groups excluding carboxylic acids is 2. The summed E-state index contributed by atoms with van der Waals surface area (Å²) in [6.45, 7) is 2.54. The van der Waals surface area contributed by atoms with E-state index >= 15 is 0 Å². The van der Waals surface area contributed by atoms with Crippen molar-refractivity contribution in [2.45, 2.75) is 32.1 Å². The molecule has 1 aliphatic rings. The number of aromatic nitrogens is 1. The number of nitrogens with one attached hydrogen (secondary N) is 1. The highest BCUT2D eigenvalue weighted by Gasteiger charge is 2.47. The first kappa shape index (κ1) is 21.7. The summed E-state index contributed by atoms with van der Waals surface area (Å²) in [4.78, 5) is 28.9. The van der Waals surface area contributed by atoms with Crippen molar-refractivity contribution in [1.82, 2.24) is 14.8 Å². The molecule has 0 saturated carbocycles. The van der Waals surface area contributed by atoms with Crippen LogP contribution >= 0.6 is 0 Å². The van der Waals surface area contributed by atoms with Gasteiger partial charge in [-0.25, -0.2) is 4.39 Å². The van der Waals surface area contributed by atoms with Crippen molar-refractivity contribution in [3.8, 4) is 11.5 Å². The zero-order valence-corrected chi connectivity index (χ0v) is 18.7. The predicted octanol–water partition coefficient (Wildman–Crippen LogP) is 4.62. The van der Waals surface area contributed by atoms with E-state index in [1.54, 1.807) is 42.4 Å². The van der Waals surface area contributed by atoms with Crippen LogP contribution in [-0.2, 0) is 24.4 Å². The summed E-state index contributed by atoms with van der Waals surface area (Å²) in [5.74, 6) is -0.269. The highest BCUT2D eigenvalue weighted by atomic mass is 19.1. The summed E-state index contributed by atoms with van der Waals surface area (Å²) < 4.78 is 20.9. The highest BCUT2D eigenvalue weighted by Crippen LogP contribution is 2.34. The molecule has 4 aromatic rings. The molecule has 0 radical (unpaired) electrons. The predicted molar refractivity (Wildman–Crippen MR) is 125 cm³/mol. The monoisotopic (exact) mass is 457 g/mol. The number of hydrogen-bond acceptors (Lipinski definition) is 3. The van der Waals surface area contributed by atoms with Crippen LogP contribution in [0.2, 0.25) is 0 Å². The quantitative estimate of drug-likeness (QED) is 0.460. The summed E-state index contributed by atoms with van der Waals surface area (Å²) in [5, 5.41) is 3.00. The van der Waals surface area contributed by atoms with Crippen LogP contribution in [0.4, 0.5) is 4.39 Å². The molecule has 172 valence electrons. The van der Waals surface area contributed by atoms with Gasteiger partial charge in [-0.2, -0.15) is 0 Å². The standard InChI is InChI=1S/C27H24FN3O3/c1-27(26(33)29-16-19-6-3-2-4-7-19)18-30-22(24-8-5-15-34-24)13-14-23(30)25(32)31(27)17-20-9-11-21(28)12-10-20/h2-15H,16-18H2,1H3,(H,29,33)/t27-/m0/s1. The summed E-state index contributed by atoms with van der Waals surface area (Å²) in [6.07, 6.45) is 1.58. The third kappa shape index (κ3) is 3.90. The highest BCUT2D eigenvalue weighted by molar-refractivity contribution is 6.00. The van der Waals surface area contributed by atoms with E-state index in [0.717, 1.165) is 16.8 Å². The fourth-order valence-corrected chi connectivity index (χ4v) is 4.40. The van der Waals surface area contributed by atoms with Crippen LogP contribution in [0.5, 0.6) is 0 Å². The number of halogens is 1. The van der Waals surface area contributed by atoms with Gasteiger partial charge in [0.15, 0.2) is 0 Å². The molecule has 1 aliphatic heterocycles. The minimum absolute atomic E-state index is 0.176. The van der Waals surface area contributed by atoms with Gasteiger partial charge in [-0.15, -0.1) is 0 Å². The molecule has 7 heteroatoms. The van der Waals surface area contributed by atoms with Gasteiger partial charge in [-0.1, -0.05) is 42.5 Å². The molecular formula is C27H24FN3O3. The van der Waals surface area contributed by atoms with Crippen molar-refractivity contribution in [1.29, 1.82) is 0 Å². The molecule has 0 saturated heterocycles. The molecule has 2 aromatic carbocycles. The van der Waals surface area contributed by atoms with Gasteiger partial charge in [0, 0.05) is 13.1 Å². The molecule has 1 N–H and O–H groups in total. The second-order valence-corrected chi connectivity index (χ2v) is 8.63. The van der Waals surface area contributed by atoms with Gasteiger partial charge in [0.2, 0.25) is 5.91 Å². The molecule has 0 fully saturated rings. The summed E-state index contributed by atoms with van der Waals surface area (Å²) in [5.41, 5.74) is 1.72. The van der Waals surface area contributed by atoms with Crippen LogP contribution in [0.1, 0.15) is 28.5 Å². The van der Waals surface area contributed by atoms with Crippen molar-refractivity contribution >= 4 is 11.8 Å². The minimum Gasteiger partial charge on any atom is -0.463 e. The molecule has 1 atom stereocenters. The van der Waals surface area contributed by atoms with E-state index in [1.807, 2.05) is 47.0 Å². The third-order valence-electron chi connectivity index (χ3n) is 6.32. The second kappa shape index (κ2) is 8.67. The zero-order chi connectivity index (χ0) is 23.7. The van der Waals surface area contributed by atoms with Gasteiger partial charge in [0.25, 0.3) is 5.91 Å². The van der Waals surface area contributed by atoms with Gasteiger partial charge in [0.1, 0.15) is 22.8 Å². The van der Waals surface area contributed by atoms with Gasteiger partial charge < -0.3 is 19.2 Å². The maximum atomic E-state index is 13.7. The molecule has 2 aromatic heterocycles. The Bertz CT molecular complexity index is 1310. The van der Waals surface area contributed by atoms with Crippen molar-refractivity contribution in [2.24, 2.45) is 0 Å². The molecule has 3 heterocycles. The number of nitrogens with zero attached hydrogens (tertiary/aromatic N) is 2. The SMILES string of the molecule is C[C@@]1(C(=O)NCc2ccccc2)Cn2c(ccc2-c2ccco2)C(=O)N1Cc1ccc(F)cc1. The number of rotatable bonds is 6. The fourth-order valence-electron chi connectivity index (χ4n) is 4.40. The first-order chi connectivity index (χ1) is 16.5. The number of fused-ring (bicyclic) bond motifs is 1. The number of amides is 2. The lowest BCUT2D eigenvalue weighted by Crippen LogP contribution is -2.63. The Morgan fingerprint density at radius 3 is 2.41 bits per heavy atom. The average molecular weight is 458 g/mol. The summed E-state index contributed by atoms with van der Waals surface area (Å²) >= 11 is 0. The second-order valence-electron chi connectivity index (χ2n) is 8.63. The van der Waals surface area contributed by atoms with Crippen molar-refractivity contribution < 1.29 is 18.4 Å². The molecule has 34 heavy (non-hydrogen) atoms. The number of furan rings is 1. The lowest BCUT2D eigenvalue weighted by atomic mass is 9.93. The van der Waals surface area contributed by atoms with Gasteiger partial charge in [0.05, 0.1) is 18.5 Å². The van der Waals surface area contributed by atoms with Gasteiger partial charge >= 0.3 is 0 Å². The molecule has 5 rings (SSSR count). The van der Waals surface area contributed by atoms with Crippen molar-refractivity contribution in [3.05, 3.63) is 108 Å². The van der Waals surface area contributed by atoms with Crippen LogP contribution in [0.25, 0.3) is 11.5 Å². The molecule has 0 bridgehead atoms. The number of hydrogen-bond donors (Lipinski definition) is 1. The number of carbonyl (C=O) groups is 2. The topological polar surface area (TPSA) is 67.5 Å². The Labute approximate surface area is 196 Å². The van der Waals surface area contributed by atoms with Gasteiger partial charge in [-0.05, 0) is 54.4 Å². The third-order valence-corrected chi connectivity index (χ3v) is 6.32. The molecule has 2 amide bonds. The van der Waals surface area contributed by atoms with Crippen LogP contribution in [0, 0.1) is 5.82 Å². The first-order valence-electron chi connectivity index (χ1n) is 11.1. The fraction of sp³-hybridized carbons (Fsp3) is 0.185. The van der Waals surface area contributed by atoms with E-state index in [9.17, 15) is 14.0 Å². The molecule has 0 spiro atoms. The first-order valence-corrected chi connectivity index (χ1v) is 11.1. The molecule has 0 unspecified atom stereocenters. The van der Waals surface area contributed by atoms with Crippen molar-refractivity contribution in [3.63, 3.8) is 0 Å². The van der Waals surface area contributed by atoms with E-state index in [1.165, 1.54) is 12.1 Å². The molecular weight excluding hydrogens is 433 g/mol. The molecule has 6 nitrogen and oxygen atoms in total. The minimum atomic E-state index is -1.19. The summed E-state index contributed by atoms with van der Waals surface area (Å²) in [6, 6.07) is 22.8. The smallest absolute Gasteiger partial charge is 0.271 e. The van der Waals surface area contributed by atoms with Gasteiger partial charge in [-0.3, -0.25) is 9.59 Å².